The van der Waals surface area contributed by atoms with E-state index in [-0.39, 0.29) is 17.9 Å². The van der Waals surface area contributed by atoms with E-state index in [2.05, 4.69) is 25.2 Å². The third-order valence-electron chi connectivity index (χ3n) is 5.48. The first-order valence-electron chi connectivity index (χ1n) is 10.6. The summed E-state index contributed by atoms with van der Waals surface area (Å²) in [6.07, 6.45) is 1.41. The van der Waals surface area contributed by atoms with E-state index in [4.69, 9.17) is 16.3 Å². The van der Waals surface area contributed by atoms with Gasteiger partial charge in [-0.1, -0.05) is 32.4 Å². The molecule has 0 spiro atoms. The summed E-state index contributed by atoms with van der Waals surface area (Å²) in [6.45, 7) is 9.83. The highest BCUT2D eigenvalue weighted by molar-refractivity contribution is 7.92. The number of aryl methyl sites for hydroxylation is 1. The number of nitrogens with zero attached hydrogens (tertiary/aromatic N) is 1. The number of carbonyl (C=O) groups is 1. The van der Waals surface area contributed by atoms with Crippen LogP contribution < -0.4 is 14.4 Å². The first kappa shape index (κ1) is 26.0. The molecule has 2 aromatic rings. The highest BCUT2D eigenvalue weighted by atomic mass is 35.5. The molecule has 0 heterocycles. The van der Waals surface area contributed by atoms with Crippen LogP contribution in [0.15, 0.2) is 36.4 Å². The fourth-order valence-electron chi connectivity index (χ4n) is 3.85. The van der Waals surface area contributed by atoms with E-state index in [0.29, 0.717) is 17.1 Å². The predicted molar refractivity (Wildman–Crippen MR) is 131 cm³/mol. The number of methoxy groups -OCH3 is 1. The lowest BCUT2D eigenvalue weighted by atomic mass is 9.93. The number of anilines is 1. The van der Waals surface area contributed by atoms with Gasteiger partial charge in [0.1, 0.15) is 11.8 Å². The molecule has 8 heteroatoms. The first-order valence-corrected chi connectivity index (χ1v) is 12.9. The SMILES string of the molecule is CC[C@H](C(=O)N[C@@H](C)c1cc(C(C)C)c(OC)cc1C)N(c1ccc(Cl)cc1)S(C)(=O)=O. The summed E-state index contributed by atoms with van der Waals surface area (Å²) in [5, 5.41) is 3.50. The van der Waals surface area contributed by atoms with Crippen LogP contribution in [0.25, 0.3) is 0 Å². The highest BCUT2D eigenvalue weighted by Gasteiger charge is 2.32. The summed E-state index contributed by atoms with van der Waals surface area (Å²) in [5.74, 6) is 0.708. The monoisotopic (exact) mass is 480 g/mol. The molecule has 0 bridgehead atoms. The standard InChI is InChI=1S/C24H33ClN2O4S/c1-8-22(27(32(7,29)30)19-11-9-18(25)10-12-19)24(28)26-17(5)21-14-20(15(2)3)23(31-6)13-16(21)4/h9-15,17,22H,8H2,1-7H3,(H,26,28)/t17-,22+/m0/s1. The Bertz CT molecular complexity index is 1050. The van der Waals surface area contributed by atoms with Gasteiger partial charge in [0.2, 0.25) is 15.9 Å². The zero-order valence-electron chi connectivity index (χ0n) is 19.8. The minimum absolute atomic E-state index is 0.251. The minimum atomic E-state index is -3.71. The van der Waals surface area contributed by atoms with Gasteiger partial charge in [0.15, 0.2) is 0 Å². The van der Waals surface area contributed by atoms with Gasteiger partial charge in [-0.05, 0) is 79.3 Å². The Balaban J connectivity index is 2.38. The zero-order valence-corrected chi connectivity index (χ0v) is 21.3. The van der Waals surface area contributed by atoms with Crippen molar-refractivity contribution < 1.29 is 17.9 Å². The quantitative estimate of drug-likeness (QED) is 0.535. The molecule has 0 aliphatic rings. The van der Waals surface area contributed by atoms with E-state index in [1.165, 1.54) is 0 Å². The molecule has 32 heavy (non-hydrogen) atoms. The molecule has 1 amide bonds. The fraction of sp³-hybridized carbons (Fsp3) is 0.458. The van der Waals surface area contributed by atoms with Crippen molar-refractivity contribution >= 4 is 33.2 Å². The van der Waals surface area contributed by atoms with E-state index in [9.17, 15) is 13.2 Å². The highest BCUT2D eigenvalue weighted by Crippen LogP contribution is 2.32. The third-order valence-corrected chi connectivity index (χ3v) is 6.91. The van der Waals surface area contributed by atoms with Gasteiger partial charge in [0.05, 0.1) is 25.1 Å². The number of ether oxygens (including phenoxy) is 1. The Labute approximate surface area is 197 Å². The largest absolute Gasteiger partial charge is 0.496 e. The maximum atomic E-state index is 13.3. The van der Waals surface area contributed by atoms with E-state index < -0.39 is 16.1 Å². The summed E-state index contributed by atoms with van der Waals surface area (Å²) >= 11 is 5.96. The molecule has 0 aliphatic heterocycles. The van der Waals surface area contributed by atoms with E-state index in [1.807, 2.05) is 19.9 Å². The second kappa shape index (κ2) is 10.6. The lowest BCUT2D eigenvalue weighted by molar-refractivity contribution is -0.122. The molecule has 2 rings (SSSR count). The Morgan fingerprint density at radius 2 is 1.72 bits per heavy atom. The molecule has 2 aromatic carbocycles. The zero-order chi connectivity index (χ0) is 24.2. The number of rotatable bonds is 9. The van der Waals surface area contributed by atoms with Gasteiger partial charge in [0.25, 0.3) is 0 Å². The molecular weight excluding hydrogens is 448 g/mol. The van der Waals surface area contributed by atoms with Crippen LogP contribution in [-0.2, 0) is 14.8 Å². The summed E-state index contributed by atoms with van der Waals surface area (Å²) < 4.78 is 31.9. The number of nitrogens with one attached hydrogen (secondary N) is 1. The normalized spacial score (nSPS) is 13.5. The van der Waals surface area contributed by atoms with Crippen LogP contribution in [0.3, 0.4) is 0 Å². The predicted octanol–water partition coefficient (Wildman–Crippen LogP) is 5.20. The van der Waals surface area contributed by atoms with Gasteiger partial charge < -0.3 is 10.1 Å². The molecule has 0 aromatic heterocycles. The molecule has 0 aliphatic carbocycles. The molecular formula is C24H33ClN2O4S. The molecule has 1 N–H and O–H groups in total. The molecule has 0 unspecified atom stereocenters. The Morgan fingerprint density at radius 1 is 1.12 bits per heavy atom. The number of halogens is 1. The van der Waals surface area contributed by atoms with Crippen LogP contribution >= 0.6 is 11.6 Å². The molecule has 6 nitrogen and oxygen atoms in total. The lowest BCUT2D eigenvalue weighted by Gasteiger charge is -2.31. The number of hydrogen-bond acceptors (Lipinski definition) is 4. The van der Waals surface area contributed by atoms with Crippen molar-refractivity contribution in [3.63, 3.8) is 0 Å². The van der Waals surface area contributed by atoms with E-state index >= 15 is 0 Å². The van der Waals surface area contributed by atoms with Crippen molar-refractivity contribution in [2.75, 3.05) is 17.7 Å². The third kappa shape index (κ3) is 5.95. The van der Waals surface area contributed by atoms with Crippen LogP contribution in [0.1, 0.15) is 62.8 Å². The first-order chi connectivity index (χ1) is 14.9. The van der Waals surface area contributed by atoms with Crippen molar-refractivity contribution in [1.29, 1.82) is 0 Å². The molecule has 0 radical (unpaired) electrons. The van der Waals surface area contributed by atoms with E-state index in [0.717, 1.165) is 33.0 Å². The van der Waals surface area contributed by atoms with E-state index in [1.54, 1.807) is 38.3 Å². The topological polar surface area (TPSA) is 75.7 Å². The molecule has 0 saturated heterocycles. The number of hydrogen-bond donors (Lipinski definition) is 1. The Hall–Kier alpha value is -2.25. The summed E-state index contributed by atoms with van der Waals surface area (Å²) in [5.41, 5.74) is 3.41. The van der Waals surface area contributed by atoms with Crippen LogP contribution in [0.4, 0.5) is 5.69 Å². The lowest BCUT2D eigenvalue weighted by Crippen LogP contribution is -2.49. The Morgan fingerprint density at radius 3 is 2.19 bits per heavy atom. The average Bonchev–Trinajstić information content (AvgIpc) is 2.71. The number of amides is 1. The molecule has 0 saturated carbocycles. The smallest absolute Gasteiger partial charge is 0.244 e. The van der Waals surface area contributed by atoms with Gasteiger partial charge in [-0.25, -0.2) is 8.42 Å². The van der Waals surface area contributed by atoms with Gasteiger partial charge in [-0.2, -0.15) is 0 Å². The second-order valence-corrected chi connectivity index (χ2v) is 10.6. The molecule has 0 fully saturated rings. The average molecular weight is 481 g/mol. The minimum Gasteiger partial charge on any atom is -0.496 e. The van der Waals surface area contributed by atoms with Gasteiger partial charge in [0, 0.05) is 5.02 Å². The molecule has 2 atom stereocenters. The van der Waals surface area contributed by atoms with Crippen LogP contribution in [0.2, 0.25) is 5.02 Å². The number of carbonyl (C=O) groups excluding carboxylic acids is 1. The summed E-state index contributed by atoms with van der Waals surface area (Å²) in [4.78, 5) is 13.3. The van der Waals surface area contributed by atoms with Crippen LogP contribution in [0, 0.1) is 6.92 Å². The van der Waals surface area contributed by atoms with Gasteiger partial charge in [-0.3, -0.25) is 9.10 Å². The molecule has 176 valence electrons. The van der Waals surface area contributed by atoms with Crippen molar-refractivity contribution in [3.8, 4) is 5.75 Å². The number of benzene rings is 2. The maximum Gasteiger partial charge on any atom is 0.244 e. The second-order valence-electron chi connectivity index (χ2n) is 8.30. The van der Waals surface area contributed by atoms with Crippen LogP contribution in [0.5, 0.6) is 5.75 Å². The van der Waals surface area contributed by atoms with Crippen LogP contribution in [-0.4, -0.2) is 33.7 Å². The van der Waals surface area contributed by atoms with Crippen molar-refractivity contribution in [1.82, 2.24) is 5.32 Å². The Kier molecular flexibility index (Phi) is 8.60. The maximum absolute atomic E-state index is 13.3. The number of sulfonamides is 1. The summed E-state index contributed by atoms with van der Waals surface area (Å²) in [7, 11) is -2.06. The fourth-order valence-corrected chi connectivity index (χ4v) is 5.18. The van der Waals surface area contributed by atoms with Gasteiger partial charge >= 0.3 is 0 Å². The van der Waals surface area contributed by atoms with Crippen molar-refractivity contribution in [2.24, 2.45) is 0 Å². The van der Waals surface area contributed by atoms with Gasteiger partial charge in [-0.15, -0.1) is 0 Å². The van der Waals surface area contributed by atoms with Crippen molar-refractivity contribution in [2.45, 2.75) is 59.0 Å². The van der Waals surface area contributed by atoms with Crippen molar-refractivity contribution in [3.05, 3.63) is 58.1 Å². The summed E-state index contributed by atoms with van der Waals surface area (Å²) in [6, 6.07) is 9.24.